The van der Waals surface area contributed by atoms with Crippen LogP contribution in [0.3, 0.4) is 0 Å². The van der Waals surface area contributed by atoms with Gasteiger partial charge >= 0.3 is 5.97 Å². The zero-order valence-corrected chi connectivity index (χ0v) is 9.05. The maximum Gasteiger partial charge on any atom is 0.330 e. The largest absolute Gasteiger partial charge is 0.463 e. The Labute approximate surface area is 88.2 Å². The molecule has 0 aliphatic heterocycles. The van der Waals surface area contributed by atoms with Crippen molar-refractivity contribution in [3.63, 3.8) is 0 Å². The minimum Gasteiger partial charge on any atom is -0.463 e. The van der Waals surface area contributed by atoms with Crippen LogP contribution in [0, 0.1) is 0 Å². The normalized spacial score (nSPS) is 10.6. The maximum absolute atomic E-state index is 10.9. The third-order valence-electron chi connectivity index (χ3n) is 1.72. The summed E-state index contributed by atoms with van der Waals surface area (Å²) in [6, 6.07) is 2.10. The molecule has 1 rings (SSSR count). The van der Waals surface area contributed by atoms with E-state index in [1.54, 1.807) is 18.3 Å². The van der Waals surface area contributed by atoms with E-state index in [-0.39, 0.29) is 5.97 Å². The summed E-state index contributed by atoms with van der Waals surface area (Å²) in [6.07, 6.45) is 5.22. The van der Waals surface area contributed by atoms with E-state index in [1.807, 2.05) is 6.08 Å². The molecule has 0 saturated heterocycles. The average Bonchev–Trinajstić information content (AvgIpc) is 2.65. The standard InChI is InChI=1S/C11H14O2S/c1-2-13-11(12)6-4-3-5-10-7-8-14-9-10/h4,6-9H,2-3,5H2,1H3. The van der Waals surface area contributed by atoms with Crippen molar-refractivity contribution in [1.29, 1.82) is 0 Å². The maximum atomic E-state index is 10.9. The van der Waals surface area contributed by atoms with Crippen LogP contribution in [0.5, 0.6) is 0 Å². The number of thiophene rings is 1. The summed E-state index contributed by atoms with van der Waals surface area (Å²) >= 11 is 1.70. The fourth-order valence-electron chi connectivity index (χ4n) is 1.05. The lowest BCUT2D eigenvalue weighted by atomic mass is 10.2. The smallest absolute Gasteiger partial charge is 0.330 e. The molecule has 0 unspecified atom stereocenters. The molecule has 0 atom stereocenters. The number of esters is 1. The number of rotatable bonds is 5. The van der Waals surface area contributed by atoms with Crippen LogP contribution in [0.15, 0.2) is 29.0 Å². The van der Waals surface area contributed by atoms with Gasteiger partial charge in [0, 0.05) is 6.08 Å². The summed E-state index contributed by atoms with van der Waals surface area (Å²) in [4.78, 5) is 10.9. The molecule has 0 aliphatic carbocycles. The highest BCUT2D eigenvalue weighted by atomic mass is 32.1. The molecule has 0 amide bonds. The van der Waals surface area contributed by atoms with Gasteiger partial charge in [-0.3, -0.25) is 0 Å². The van der Waals surface area contributed by atoms with Crippen LogP contribution in [0.4, 0.5) is 0 Å². The Kier molecular flexibility index (Phi) is 5.00. The van der Waals surface area contributed by atoms with Crippen molar-refractivity contribution in [2.45, 2.75) is 19.8 Å². The van der Waals surface area contributed by atoms with E-state index in [0.29, 0.717) is 6.61 Å². The lowest BCUT2D eigenvalue weighted by Gasteiger charge is -1.94. The monoisotopic (exact) mass is 210 g/mol. The van der Waals surface area contributed by atoms with Crippen LogP contribution in [-0.2, 0) is 16.0 Å². The van der Waals surface area contributed by atoms with Crippen molar-refractivity contribution in [3.05, 3.63) is 34.5 Å². The van der Waals surface area contributed by atoms with E-state index in [2.05, 4.69) is 16.8 Å². The van der Waals surface area contributed by atoms with Crippen molar-refractivity contribution in [1.82, 2.24) is 0 Å². The molecule has 1 aromatic heterocycles. The molecule has 2 nitrogen and oxygen atoms in total. The highest BCUT2D eigenvalue weighted by molar-refractivity contribution is 7.07. The van der Waals surface area contributed by atoms with Crippen LogP contribution in [0.25, 0.3) is 0 Å². The van der Waals surface area contributed by atoms with Crippen molar-refractivity contribution in [2.24, 2.45) is 0 Å². The van der Waals surface area contributed by atoms with Crippen LogP contribution in [0.2, 0.25) is 0 Å². The predicted molar refractivity (Wildman–Crippen MR) is 58.4 cm³/mol. The van der Waals surface area contributed by atoms with Gasteiger partial charge in [0.15, 0.2) is 0 Å². The van der Waals surface area contributed by atoms with Gasteiger partial charge in [-0.15, -0.1) is 0 Å². The molecule has 1 heterocycles. The second kappa shape index (κ2) is 6.38. The average molecular weight is 210 g/mol. The second-order valence-corrected chi connectivity index (χ2v) is 3.60. The predicted octanol–water partition coefficient (Wildman–Crippen LogP) is 2.80. The molecular weight excluding hydrogens is 196 g/mol. The molecule has 0 fully saturated rings. The van der Waals surface area contributed by atoms with Gasteiger partial charge in [0.25, 0.3) is 0 Å². The van der Waals surface area contributed by atoms with E-state index in [1.165, 1.54) is 11.6 Å². The number of hydrogen-bond donors (Lipinski definition) is 0. The van der Waals surface area contributed by atoms with E-state index in [0.717, 1.165) is 12.8 Å². The molecule has 3 heteroatoms. The Morgan fingerprint density at radius 3 is 3.14 bits per heavy atom. The molecule has 1 aromatic rings. The Morgan fingerprint density at radius 1 is 1.64 bits per heavy atom. The molecular formula is C11H14O2S. The molecule has 0 bridgehead atoms. The number of aryl methyl sites for hydroxylation is 1. The highest BCUT2D eigenvalue weighted by Crippen LogP contribution is 2.08. The Hall–Kier alpha value is -1.09. The van der Waals surface area contributed by atoms with Crippen molar-refractivity contribution < 1.29 is 9.53 Å². The summed E-state index contributed by atoms with van der Waals surface area (Å²) in [5, 5.41) is 4.18. The number of ether oxygens (including phenoxy) is 1. The molecule has 0 radical (unpaired) electrons. The molecule has 0 N–H and O–H groups in total. The minimum absolute atomic E-state index is 0.252. The first-order chi connectivity index (χ1) is 6.83. The van der Waals surface area contributed by atoms with E-state index >= 15 is 0 Å². The Bertz CT molecular complexity index is 288. The quantitative estimate of drug-likeness (QED) is 0.552. The van der Waals surface area contributed by atoms with Gasteiger partial charge in [0.05, 0.1) is 6.61 Å². The Balaban J connectivity index is 2.18. The first-order valence-corrected chi connectivity index (χ1v) is 5.61. The van der Waals surface area contributed by atoms with Gasteiger partial charge < -0.3 is 4.74 Å². The van der Waals surface area contributed by atoms with Gasteiger partial charge in [-0.05, 0) is 42.2 Å². The molecule has 0 aliphatic rings. The highest BCUT2D eigenvalue weighted by Gasteiger charge is 1.93. The minimum atomic E-state index is -0.252. The third-order valence-corrected chi connectivity index (χ3v) is 2.45. The zero-order valence-electron chi connectivity index (χ0n) is 8.23. The van der Waals surface area contributed by atoms with Crippen LogP contribution >= 0.6 is 11.3 Å². The fourth-order valence-corrected chi connectivity index (χ4v) is 1.76. The fraction of sp³-hybridized carbons (Fsp3) is 0.364. The third kappa shape index (κ3) is 4.23. The summed E-state index contributed by atoms with van der Waals surface area (Å²) in [5.41, 5.74) is 1.32. The van der Waals surface area contributed by atoms with Crippen molar-refractivity contribution in [3.8, 4) is 0 Å². The summed E-state index contributed by atoms with van der Waals surface area (Å²) < 4.78 is 4.76. The van der Waals surface area contributed by atoms with Gasteiger partial charge in [-0.25, -0.2) is 4.79 Å². The lowest BCUT2D eigenvalue weighted by Crippen LogP contribution is -1.98. The summed E-state index contributed by atoms with van der Waals surface area (Å²) in [6.45, 7) is 2.24. The number of allylic oxidation sites excluding steroid dienone is 1. The summed E-state index contributed by atoms with van der Waals surface area (Å²) in [7, 11) is 0. The number of hydrogen-bond acceptors (Lipinski definition) is 3. The van der Waals surface area contributed by atoms with Crippen LogP contribution < -0.4 is 0 Å². The summed E-state index contributed by atoms with van der Waals surface area (Å²) in [5.74, 6) is -0.252. The Morgan fingerprint density at radius 2 is 2.50 bits per heavy atom. The zero-order chi connectivity index (χ0) is 10.2. The van der Waals surface area contributed by atoms with Gasteiger partial charge in [-0.2, -0.15) is 11.3 Å². The van der Waals surface area contributed by atoms with E-state index in [4.69, 9.17) is 4.74 Å². The van der Waals surface area contributed by atoms with Gasteiger partial charge in [-0.1, -0.05) is 6.08 Å². The van der Waals surface area contributed by atoms with Gasteiger partial charge in [0.1, 0.15) is 0 Å². The van der Waals surface area contributed by atoms with E-state index in [9.17, 15) is 4.79 Å². The molecule has 0 saturated carbocycles. The molecule has 76 valence electrons. The van der Waals surface area contributed by atoms with Crippen LogP contribution in [0.1, 0.15) is 18.9 Å². The number of carbonyl (C=O) groups excluding carboxylic acids is 1. The molecule has 0 spiro atoms. The van der Waals surface area contributed by atoms with Crippen molar-refractivity contribution in [2.75, 3.05) is 6.61 Å². The van der Waals surface area contributed by atoms with Gasteiger partial charge in [0.2, 0.25) is 0 Å². The topological polar surface area (TPSA) is 26.3 Å². The first kappa shape index (κ1) is 11.0. The lowest BCUT2D eigenvalue weighted by molar-refractivity contribution is -0.137. The van der Waals surface area contributed by atoms with Crippen LogP contribution in [-0.4, -0.2) is 12.6 Å². The van der Waals surface area contributed by atoms with Crippen molar-refractivity contribution >= 4 is 17.3 Å². The SMILES string of the molecule is CCOC(=O)C=CCCc1ccsc1. The number of carbonyl (C=O) groups is 1. The van der Waals surface area contributed by atoms with E-state index < -0.39 is 0 Å². The molecule has 0 aromatic carbocycles. The first-order valence-electron chi connectivity index (χ1n) is 4.67. The second-order valence-electron chi connectivity index (χ2n) is 2.82. The molecule has 14 heavy (non-hydrogen) atoms.